The second-order valence-electron chi connectivity index (χ2n) is 3.80. The number of aromatic nitrogens is 3. The quantitative estimate of drug-likeness (QED) is 0.800. The molecule has 1 heterocycles. The van der Waals surface area contributed by atoms with Crippen LogP contribution in [0.4, 0.5) is 0 Å². The average molecular weight is 283 g/mol. The molecule has 0 bridgehead atoms. The molecule has 0 unspecified atom stereocenters. The van der Waals surface area contributed by atoms with Crippen molar-refractivity contribution in [2.75, 3.05) is 6.54 Å². The number of nitrogens with zero attached hydrogens (tertiary/aromatic N) is 2. The number of benzene rings is 1. The van der Waals surface area contributed by atoms with Crippen molar-refractivity contribution >= 4 is 23.4 Å². The van der Waals surface area contributed by atoms with Gasteiger partial charge in [-0.1, -0.05) is 30.7 Å². The lowest BCUT2D eigenvalue weighted by atomic mass is 10.2. The summed E-state index contributed by atoms with van der Waals surface area (Å²) in [5.41, 5.74) is 1.18. The molecule has 0 fully saturated rings. The van der Waals surface area contributed by atoms with E-state index in [0.717, 1.165) is 34.6 Å². The Morgan fingerprint density at radius 3 is 3.06 bits per heavy atom. The lowest BCUT2D eigenvalue weighted by Gasteiger charge is -2.10. The lowest BCUT2D eigenvalue weighted by Crippen LogP contribution is -2.14. The van der Waals surface area contributed by atoms with Gasteiger partial charge in [0.25, 0.3) is 0 Å². The van der Waals surface area contributed by atoms with E-state index in [1.165, 1.54) is 23.7 Å². The van der Waals surface area contributed by atoms with E-state index in [2.05, 4.69) is 33.5 Å². The van der Waals surface area contributed by atoms with Crippen molar-refractivity contribution in [1.29, 1.82) is 0 Å². The summed E-state index contributed by atoms with van der Waals surface area (Å²) in [5.74, 6) is 0. The first kappa shape index (κ1) is 13.4. The highest BCUT2D eigenvalue weighted by Crippen LogP contribution is 2.34. The maximum Gasteiger partial charge on any atom is 0.188 e. The van der Waals surface area contributed by atoms with Crippen LogP contribution in [0.25, 0.3) is 0 Å². The molecule has 0 atom stereocenters. The van der Waals surface area contributed by atoms with E-state index in [1.807, 2.05) is 12.1 Å². The zero-order valence-corrected chi connectivity index (χ0v) is 11.7. The van der Waals surface area contributed by atoms with E-state index in [9.17, 15) is 0 Å². The molecule has 0 saturated heterocycles. The van der Waals surface area contributed by atoms with Crippen LogP contribution in [0.3, 0.4) is 0 Å². The molecule has 18 heavy (non-hydrogen) atoms. The molecular weight excluding hydrogens is 268 g/mol. The minimum Gasteiger partial charge on any atom is -0.313 e. The maximum atomic E-state index is 6.25. The Morgan fingerprint density at radius 2 is 2.33 bits per heavy atom. The molecule has 0 aliphatic carbocycles. The molecule has 0 aliphatic rings. The number of H-pyrrole nitrogens is 1. The molecule has 6 heteroatoms. The molecule has 0 aliphatic heterocycles. The first-order valence-corrected chi connectivity index (χ1v) is 7.02. The molecule has 96 valence electrons. The number of hydrogen-bond acceptors (Lipinski definition) is 4. The van der Waals surface area contributed by atoms with Gasteiger partial charge in [-0.2, -0.15) is 5.10 Å². The Kier molecular flexibility index (Phi) is 5.04. The molecular formula is C12H15ClN4S. The van der Waals surface area contributed by atoms with Crippen LogP contribution in [-0.2, 0) is 6.54 Å². The van der Waals surface area contributed by atoms with Crippen LogP contribution in [0.1, 0.15) is 18.9 Å². The van der Waals surface area contributed by atoms with Gasteiger partial charge in [-0.05, 0) is 36.4 Å². The summed E-state index contributed by atoms with van der Waals surface area (Å²) in [6.45, 7) is 3.96. The Hall–Kier alpha value is -1.04. The van der Waals surface area contributed by atoms with Gasteiger partial charge in [0.15, 0.2) is 5.16 Å². The lowest BCUT2D eigenvalue weighted by molar-refractivity contribution is 0.669. The van der Waals surface area contributed by atoms with Crippen molar-refractivity contribution in [3.05, 3.63) is 35.1 Å². The monoisotopic (exact) mass is 282 g/mol. The Morgan fingerprint density at radius 1 is 1.44 bits per heavy atom. The summed E-state index contributed by atoms with van der Waals surface area (Å²) < 4.78 is 0. The Bertz CT molecular complexity index is 487. The maximum absolute atomic E-state index is 6.25. The van der Waals surface area contributed by atoms with Crippen molar-refractivity contribution in [2.24, 2.45) is 0 Å². The van der Waals surface area contributed by atoms with Gasteiger partial charge in [-0.3, -0.25) is 5.10 Å². The summed E-state index contributed by atoms with van der Waals surface area (Å²) in [6, 6.07) is 5.94. The summed E-state index contributed by atoms with van der Waals surface area (Å²) in [4.78, 5) is 5.13. The van der Waals surface area contributed by atoms with Crippen LogP contribution < -0.4 is 5.32 Å². The van der Waals surface area contributed by atoms with E-state index in [4.69, 9.17) is 11.6 Å². The standard InChI is InChI=1S/C12H15ClN4S/c1-2-6-14-7-9-4-3-5-10(13)11(9)18-12-15-8-16-17-12/h3-5,8,14H,2,6-7H2,1H3,(H,15,16,17). The molecule has 0 spiro atoms. The van der Waals surface area contributed by atoms with Gasteiger partial charge in [0.2, 0.25) is 0 Å². The summed E-state index contributed by atoms with van der Waals surface area (Å²) in [5, 5.41) is 11.5. The second-order valence-corrected chi connectivity index (χ2v) is 5.20. The third-order valence-corrected chi connectivity index (χ3v) is 3.89. The van der Waals surface area contributed by atoms with E-state index in [1.54, 1.807) is 0 Å². The number of aromatic amines is 1. The first-order valence-electron chi connectivity index (χ1n) is 5.82. The third-order valence-electron chi connectivity index (χ3n) is 2.38. The Balaban J connectivity index is 2.15. The number of rotatable bonds is 6. The normalized spacial score (nSPS) is 10.8. The van der Waals surface area contributed by atoms with E-state index in [-0.39, 0.29) is 0 Å². The molecule has 1 aromatic heterocycles. The molecule has 0 saturated carbocycles. The fraction of sp³-hybridized carbons (Fsp3) is 0.333. The van der Waals surface area contributed by atoms with Crippen molar-refractivity contribution in [3.63, 3.8) is 0 Å². The number of hydrogen-bond donors (Lipinski definition) is 2. The fourth-order valence-electron chi connectivity index (χ4n) is 1.55. The van der Waals surface area contributed by atoms with Crippen LogP contribution >= 0.6 is 23.4 Å². The summed E-state index contributed by atoms with van der Waals surface area (Å²) in [7, 11) is 0. The van der Waals surface area contributed by atoms with Crippen molar-refractivity contribution in [3.8, 4) is 0 Å². The van der Waals surface area contributed by atoms with Crippen LogP contribution in [0.5, 0.6) is 0 Å². The van der Waals surface area contributed by atoms with Gasteiger partial charge in [0.1, 0.15) is 6.33 Å². The minimum absolute atomic E-state index is 0.743. The van der Waals surface area contributed by atoms with Crippen LogP contribution in [0.15, 0.2) is 34.6 Å². The highest BCUT2D eigenvalue weighted by molar-refractivity contribution is 7.99. The van der Waals surface area contributed by atoms with Gasteiger partial charge < -0.3 is 5.32 Å². The summed E-state index contributed by atoms with van der Waals surface area (Å²) in [6.07, 6.45) is 2.61. The highest BCUT2D eigenvalue weighted by atomic mass is 35.5. The number of halogens is 1. The first-order chi connectivity index (χ1) is 8.81. The van der Waals surface area contributed by atoms with E-state index < -0.39 is 0 Å². The van der Waals surface area contributed by atoms with Crippen LogP contribution in [0, 0.1) is 0 Å². The fourth-order valence-corrected chi connectivity index (χ4v) is 2.69. The van der Waals surface area contributed by atoms with Crippen LogP contribution in [-0.4, -0.2) is 21.7 Å². The average Bonchev–Trinajstić information content (AvgIpc) is 2.86. The zero-order chi connectivity index (χ0) is 12.8. The molecule has 2 rings (SSSR count). The molecule has 1 aromatic carbocycles. The zero-order valence-electron chi connectivity index (χ0n) is 10.1. The van der Waals surface area contributed by atoms with Gasteiger partial charge in [-0.25, -0.2) is 4.98 Å². The molecule has 4 nitrogen and oxygen atoms in total. The van der Waals surface area contributed by atoms with Crippen LogP contribution in [0.2, 0.25) is 5.02 Å². The Labute approximate surface area is 116 Å². The van der Waals surface area contributed by atoms with Gasteiger partial charge in [0, 0.05) is 11.4 Å². The minimum atomic E-state index is 0.743. The van der Waals surface area contributed by atoms with Crippen molar-refractivity contribution in [2.45, 2.75) is 29.9 Å². The van der Waals surface area contributed by atoms with Crippen molar-refractivity contribution < 1.29 is 0 Å². The second kappa shape index (κ2) is 6.78. The predicted octanol–water partition coefficient (Wildman–Crippen LogP) is 3.11. The molecule has 2 aromatic rings. The molecule has 0 radical (unpaired) electrons. The summed E-state index contributed by atoms with van der Waals surface area (Å²) >= 11 is 7.75. The van der Waals surface area contributed by atoms with E-state index >= 15 is 0 Å². The SMILES string of the molecule is CCCNCc1cccc(Cl)c1Sc1ncn[nH]1. The molecule has 0 amide bonds. The smallest absolute Gasteiger partial charge is 0.188 e. The third kappa shape index (κ3) is 3.48. The molecule has 2 N–H and O–H groups in total. The van der Waals surface area contributed by atoms with Gasteiger partial charge in [0.05, 0.1) is 5.02 Å². The largest absolute Gasteiger partial charge is 0.313 e. The number of nitrogens with one attached hydrogen (secondary N) is 2. The highest BCUT2D eigenvalue weighted by Gasteiger charge is 2.10. The van der Waals surface area contributed by atoms with Gasteiger partial charge in [-0.15, -0.1) is 0 Å². The predicted molar refractivity (Wildman–Crippen MR) is 74.0 cm³/mol. The van der Waals surface area contributed by atoms with E-state index in [0.29, 0.717) is 0 Å². The van der Waals surface area contributed by atoms with Crippen molar-refractivity contribution in [1.82, 2.24) is 20.5 Å². The topological polar surface area (TPSA) is 53.6 Å². The van der Waals surface area contributed by atoms with Gasteiger partial charge >= 0.3 is 0 Å².